The van der Waals surface area contributed by atoms with E-state index in [0.29, 0.717) is 48.1 Å². The minimum absolute atomic E-state index is 0.00226. The second-order valence-electron chi connectivity index (χ2n) is 8.56. The van der Waals surface area contributed by atoms with Crippen molar-refractivity contribution in [1.82, 2.24) is 24.9 Å². The number of carboxylic acid groups (broad SMARTS) is 1. The lowest BCUT2D eigenvalue weighted by Gasteiger charge is -2.28. The maximum absolute atomic E-state index is 12.1. The zero-order valence-electron chi connectivity index (χ0n) is 19.8. The third-order valence-electron chi connectivity index (χ3n) is 6.11. The van der Waals surface area contributed by atoms with E-state index in [1.165, 1.54) is 4.90 Å². The number of hydrogen-bond donors (Lipinski definition) is 1. The Kier molecular flexibility index (Phi) is 8.24. The molecule has 0 radical (unpaired) electrons. The highest BCUT2D eigenvalue weighted by molar-refractivity contribution is 5.70. The Morgan fingerprint density at radius 2 is 2.03 bits per heavy atom. The zero-order chi connectivity index (χ0) is 24.0. The summed E-state index contributed by atoms with van der Waals surface area (Å²) in [5.41, 5.74) is 2.45. The number of aliphatic carboxylic acids is 1. The number of amides is 1. The Morgan fingerprint density at radius 1 is 1.27 bits per heavy atom. The third kappa shape index (κ3) is 6.00. The van der Waals surface area contributed by atoms with Gasteiger partial charge in [-0.3, -0.25) is 4.79 Å². The highest BCUT2D eigenvalue weighted by Crippen LogP contribution is 2.32. The Balaban J connectivity index is 1.68. The molecule has 1 saturated carbocycles. The van der Waals surface area contributed by atoms with E-state index in [2.05, 4.69) is 15.3 Å². The van der Waals surface area contributed by atoms with Gasteiger partial charge in [0.15, 0.2) is 0 Å². The van der Waals surface area contributed by atoms with Crippen LogP contribution < -0.4 is 4.74 Å². The van der Waals surface area contributed by atoms with Gasteiger partial charge >= 0.3 is 12.1 Å². The maximum Gasteiger partial charge on any atom is 0.409 e. The van der Waals surface area contributed by atoms with Crippen LogP contribution in [-0.2, 0) is 23.2 Å². The van der Waals surface area contributed by atoms with Gasteiger partial charge < -0.3 is 19.5 Å². The number of hydrogen-bond acceptors (Lipinski definition) is 7. The van der Waals surface area contributed by atoms with Crippen LogP contribution in [0.2, 0.25) is 0 Å². The summed E-state index contributed by atoms with van der Waals surface area (Å²) in [6.45, 7) is 4.84. The minimum atomic E-state index is -0.745. The molecule has 33 heavy (non-hydrogen) atoms. The molecule has 1 aliphatic carbocycles. The van der Waals surface area contributed by atoms with E-state index in [1.807, 2.05) is 19.9 Å². The molecule has 2 atom stereocenters. The van der Waals surface area contributed by atoms with Crippen LogP contribution >= 0.6 is 0 Å². The van der Waals surface area contributed by atoms with Crippen molar-refractivity contribution in [2.45, 2.75) is 52.6 Å². The molecule has 0 aliphatic heterocycles. The molecule has 2 unspecified atom stereocenters. The van der Waals surface area contributed by atoms with E-state index < -0.39 is 12.1 Å². The first kappa shape index (κ1) is 24.5. The first-order valence-corrected chi connectivity index (χ1v) is 11.4. The molecule has 180 valence electrons. The van der Waals surface area contributed by atoms with Crippen LogP contribution in [0.1, 0.15) is 50.4 Å². The lowest BCUT2D eigenvalue weighted by atomic mass is 9.80. The number of ether oxygens (including phenoxy) is 2. The van der Waals surface area contributed by atoms with Crippen LogP contribution in [0.15, 0.2) is 12.1 Å². The van der Waals surface area contributed by atoms with Gasteiger partial charge in [0, 0.05) is 26.6 Å². The van der Waals surface area contributed by atoms with Gasteiger partial charge in [0.2, 0.25) is 0 Å². The summed E-state index contributed by atoms with van der Waals surface area (Å²) in [5.74, 6) is -0.480. The normalized spacial score (nSPS) is 18.1. The molecule has 2 heterocycles. The van der Waals surface area contributed by atoms with Crippen molar-refractivity contribution in [3.8, 4) is 17.1 Å². The van der Waals surface area contributed by atoms with Gasteiger partial charge in [-0.2, -0.15) is 0 Å². The molecule has 10 heteroatoms. The molecule has 3 rings (SSSR count). The summed E-state index contributed by atoms with van der Waals surface area (Å²) in [6.07, 6.45) is 3.98. The fourth-order valence-corrected chi connectivity index (χ4v) is 4.17. The molecular weight excluding hydrogens is 426 g/mol. The summed E-state index contributed by atoms with van der Waals surface area (Å²) in [6, 6.07) is 3.60. The standard InChI is InChI=1S/C23H33N5O5/c1-5-12-27(3)23(31)33-14-19-21(25-26-28(19)4)18-10-11-20(15(2)24-18)32-13-16-8-6-7-9-17(16)22(29)30/h10-11,16-17H,5-9,12-14H2,1-4H3,(H,29,30). The van der Waals surface area contributed by atoms with Crippen LogP contribution in [0.3, 0.4) is 0 Å². The van der Waals surface area contributed by atoms with Crippen LogP contribution in [0.4, 0.5) is 4.79 Å². The van der Waals surface area contributed by atoms with E-state index >= 15 is 0 Å². The predicted octanol–water partition coefficient (Wildman–Crippen LogP) is 3.43. The molecule has 2 aromatic rings. The smallest absolute Gasteiger partial charge is 0.409 e. The molecule has 0 saturated heterocycles. The van der Waals surface area contributed by atoms with Gasteiger partial charge in [-0.1, -0.05) is 25.0 Å². The number of carboxylic acids is 1. The summed E-state index contributed by atoms with van der Waals surface area (Å²) in [7, 11) is 3.44. The summed E-state index contributed by atoms with van der Waals surface area (Å²) < 4.78 is 13.0. The molecule has 2 aromatic heterocycles. The summed E-state index contributed by atoms with van der Waals surface area (Å²) in [4.78, 5) is 29.8. The Morgan fingerprint density at radius 3 is 2.73 bits per heavy atom. The molecule has 1 N–H and O–H groups in total. The first-order valence-electron chi connectivity index (χ1n) is 11.4. The molecule has 10 nitrogen and oxygen atoms in total. The molecule has 0 aromatic carbocycles. The number of carbonyl (C=O) groups excluding carboxylic acids is 1. The predicted molar refractivity (Wildman–Crippen MR) is 121 cm³/mol. The lowest BCUT2D eigenvalue weighted by molar-refractivity contribution is -0.145. The molecular formula is C23H33N5O5. The monoisotopic (exact) mass is 459 g/mol. The van der Waals surface area contributed by atoms with Gasteiger partial charge in [0.05, 0.1) is 23.9 Å². The van der Waals surface area contributed by atoms with Crippen molar-refractivity contribution in [3.05, 3.63) is 23.5 Å². The van der Waals surface area contributed by atoms with Crippen molar-refractivity contribution in [2.75, 3.05) is 20.2 Å². The van der Waals surface area contributed by atoms with Crippen LogP contribution in [0.25, 0.3) is 11.4 Å². The van der Waals surface area contributed by atoms with Crippen molar-refractivity contribution < 1.29 is 24.2 Å². The molecule has 0 spiro atoms. The quantitative estimate of drug-likeness (QED) is 0.606. The first-order chi connectivity index (χ1) is 15.8. The Bertz CT molecular complexity index is 976. The number of aryl methyl sites for hydroxylation is 2. The SMILES string of the molecule is CCCN(C)C(=O)OCc1c(-c2ccc(OCC3CCCCC3C(=O)O)c(C)n2)nnn1C. The highest BCUT2D eigenvalue weighted by Gasteiger charge is 2.31. The van der Waals surface area contributed by atoms with Gasteiger partial charge in [-0.25, -0.2) is 14.5 Å². The second kappa shape index (κ2) is 11.1. The van der Waals surface area contributed by atoms with E-state index in [1.54, 1.807) is 24.8 Å². The van der Waals surface area contributed by atoms with E-state index in [4.69, 9.17) is 9.47 Å². The van der Waals surface area contributed by atoms with Crippen LogP contribution in [0, 0.1) is 18.8 Å². The number of pyridine rings is 1. The van der Waals surface area contributed by atoms with Gasteiger partial charge in [0.25, 0.3) is 0 Å². The van der Waals surface area contributed by atoms with Crippen molar-refractivity contribution in [3.63, 3.8) is 0 Å². The van der Waals surface area contributed by atoms with E-state index in [9.17, 15) is 14.7 Å². The van der Waals surface area contributed by atoms with Gasteiger partial charge in [-0.15, -0.1) is 5.10 Å². The topological polar surface area (TPSA) is 120 Å². The van der Waals surface area contributed by atoms with Gasteiger partial charge in [0.1, 0.15) is 23.7 Å². The largest absolute Gasteiger partial charge is 0.491 e. The number of aromatic nitrogens is 4. The van der Waals surface area contributed by atoms with Crippen LogP contribution in [0.5, 0.6) is 5.75 Å². The molecule has 0 bridgehead atoms. The summed E-state index contributed by atoms with van der Waals surface area (Å²) >= 11 is 0. The number of rotatable bonds is 9. The van der Waals surface area contributed by atoms with E-state index in [0.717, 1.165) is 25.7 Å². The number of nitrogens with zero attached hydrogens (tertiary/aromatic N) is 5. The van der Waals surface area contributed by atoms with Crippen molar-refractivity contribution >= 4 is 12.1 Å². The zero-order valence-corrected chi connectivity index (χ0v) is 19.8. The van der Waals surface area contributed by atoms with E-state index in [-0.39, 0.29) is 18.4 Å². The molecule has 1 fully saturated rings. The van der Waals surface area contributed by atoms with Crippen LogP contribution in [-0.4, -0.2) is 62.2 Å². The average molecular weight is 460 g/mol. The highest BCUT2D eigenvalue weighted by atomic mass is 16.6. The fraction of sp³-hybridized carbons (Fsp3) is 0.609. The lowest BCUT2D eigenvalue weighted by Crippen LogP contribution is -2.31. The fourth-order valence-electron chi connectivity index (χ4n) is 4.17. The van der Waals surface area contributed by atoms with Crippen molar-refractivity contribution in [1.29, 1.82) is 0 Å². The Hall–Kier alpha value is -3.17. The number of carbonyl (C=O) groups is 2. The maximum atomic E-state index is 12.1. The summed E-state index contributed by atoms with van der Waals surface area (Å²) in [5, 5.41) is 17.7. The molecule has 1 aliphatic rings. The average Bonchev–Trinajstić information content (AvgIpc) is 3.17. The van der Waals surface area contributed by atoms with Crippen molar-refractivity contribution in [2.24, 2.45) is 18.9 Å². The second-order valence-corrected chi connectivity index (χ2v) is 8.56. The molecule has 1 amide bonds. The van der Waals surface area contributed by atoms with Gasteiger partial charge in [-0.05, 0) is 38.3 Å². The third-order valence-corrected chi connectivity index (χ3v) is 6.11. The minimum Gasteiger partial charge on any atom is -0.491 e. The Labute approximate surface area is 193 Å².